The summed E-state index contributed by atoms with van der Waals surface area (Å²) in [6.45, 7) is 0. The van der Waals surface area contributed by atoms with E-state index in [1.54, 1.807) is 0 Å². The highest BCUT2D eigenvalue weighted by Crippen LogP contribution is 2.34. The number of halogens is 3. The number of carbonyl (C=O) groups excluding carboxylic acids is 1. The van der Waals surface area contributed by atoms with Gasteiger partial charge in [-0.15, -0.1) is 0 Å². The number of nitrogens with two attached hydrogens (primary N) is 1. The Morgan fingerprint density at radius 1 is 1.38 bits per heavy atom. The third-order valence-corrected chi connectivity index (χ3v) is 2.15. The number of carbonyl (C=O) groups is 1. The van der Waals surface area contributed by atoms with Crippen molar-refractivity contribution in [1.29, 1.82) is 0 Å². The third-order valence-electron chi connectivity index (χ3n) is 2.15. The minimum absolute atomic E-state index is 0.162. The van der Waals surface area contributed by atoms with Crippen LogP contribution in [0.5, 0.6) is 0 Å². The lowest BCUT2D eigenvalue weighted by atomic mass is 9.99. The molecule has 0 radical (unpaired) electrons. The van der Waals surface area contributed by atoms with Gasteiger partial charge in [0.05, 0.1) is 5.56 Å². The summed E-state index contributed by atoms with van der Waals surface area (Å²) in [7, 11) is 1.38. The quantitative estimate of drug-likeness (QED) is 0.828. The summed E-state index contributed by atoms with van der Waals surface area (Å²) in [4.78, 5) is 11.0. The van der Waals surface area contributed by atoms with Crippen molar-refractivity contribution < 1.29 is 18.0 Å². The SMILES string of the molecule is CN[C@@H](C(N)=O)c1ccccc1C(F)(F)F. The average molecular weight is 232 g/mol. The van der Waals surface area contributed by atoms with E-state index >= 15 is 0 Å². The van der Waals surface area contributed by atoms with Crippen LogP contribution in [0.1, 0.15) is 17.2 Å². The molecule has 0 aromatic heterocycles. The van der Waals surface area contributed by atoms with Gasteiger partial charge in [0, 0.05) is 0 Å². The van der Waals surface area contributed by atoms with Crippen molar-refractivity contribution in [3.8, 4) is 0 Å². The molecular formula is C10H11F3N2O. The number of likely N-dealkylation sites (N-methyl/N-ethyl adjacent to an activating group) is 1. The Bertz CT molecular complexity index is 390. The third kappa shape index (κ3) is 2.52. The highest BCUT2D eigenvalue weighted by Gasteiger charge is 2.35. The summed E-state index contributed by atoms with van der Waals surface area (Å²) in [5, 5.41) is 2.46. The number of rotatable bonds is 3. The van der Waals surface area contributed by atoms with Gasteiger partial charge in [-0.1, -0.05) is 18.2 Å². The molecule has 16 heavy (non-hydrogen) atoms. The minimum atomic E-state index is -4.50. The van der Waals surface area contributed by atoms with Crippen molar-refractivity contribution in [3.63, 3.8) is 0 Å². The Morgan fingerprint density at radius 3 is 2.38 bits per heavy atom. The van der Waals surface area contributed by atoms with Gasteiger partial charge in [-0.3, -0.25) is 4.79 Å². The first-order chi connectivity index (χ1) is 7.38. The van der Waals surface area contributed by atoms with Crippen molar-refractivity contribution in [2.75, 3.05) is 7.05 Å². The second-order valence-corrected chi connectivity index (χ2v) is 3.21. The van der Waals surface area contributed by atoms with E-state index in [-0.39, 0.29) is 5.56 Å². The number of nitrogens with one attached hydrogen (secondary N) is 1. The molecule has 1 rings (SSSR count). The summed E-state index contributed by atoms with van der Waals surface area (Å²) in [6, 6.07) is 3.70. The Balaban J connectivity index is 3.27. The number of hydrogen-bond acceptors (Lipinski definition) is 2. The van der Waals surface area contributed by atoms with E-state index in [1.807, 2.05) is 0 Å². The van der Waals surface area contributed by atoms with Crippen LogP contribution in [-0.4, -0.2) is 13.0 Å². The van der Waals surface area contributed by atoms with Gasteiger partial charge in [0.2, 0.25) is 5.91 Å². The molecule has 0 bridgehead atoms. The molecule has 0 heterocycles. The van der Waals surface area contributed by atoms with Gasteiger partial charge in [-0.2, -0.15) is 13.2 Å². The molecular weight excluding hydrogens is 221 g/mol. The van der Waals surface area contributed by atoms with Gasteiger partial charge >= 0.3 is 6.18 Å². The zero-order chi connectivity index (χ0) is 12.3. The van der Waals surface area contributed by atoms with Crippen LogP contribution in [0.15, 0.2) is 24.3 Å². The second-order valence-electron chi connectivity index (χ2n) is 3.21. The molecule has 0 saturated heterocycles. The van der Waals surface area contributed by atoms with Crippen molar-refractivity contribution in [2.24, 2.45) is 5.73 Å². The van der Waals surface area contributed by atoms with Crippen LogP contribution in [0.4, 0.5) is 13.2 Å². The minimum Gasteiger partial charge on any atom is -0.368 e. The Morgan fingerprint density at radius 2 is 1.94 bits per heavy atom. The van der Waals surface area contributed by atoms with E-state index in [1.165, 1.54) is 25.2 Å². The van der Waals surface area contributed by atoms with E-state index in [9.17, 15) is 18.0 Å². The highest BCUT2D eigenvalue weighted by atomic mass is 19.4. The van der Waals surface area contributed by atoms with E-state index < -0.39 is 23.7 Å². The number of benzene rings is 1. The molecule has 1 aromatic carbocycles. The lowest BCUT2D eigenvalue weighted by Gasteiger charge is -2.18. The van der Waals surface area contributed by atoms with Gasteiger partial charge in [0.15, 0.2) is 0 Å². The zero-order valence-electron chi connectivity index (χ0n) is 8.51. The Kier molecular flexibility index (Phi) is 3.54. The molecule has 1 amide bonds. The fourth-order valence-corrected chi connectivity index (χ4v) is 1.46. The van der Waals surface area contributed by atoms with Gasteiger partial charge in [0.1, 0.15) is 6.04 Å². The predicted molar refractivity (Wildman–Crippen MR) is 52.4 cm³/mol. The Labute approximate surface area is 90.4 Å². The highest BCUT2D eigenvalue weighted by molar-refractivity contribution is 5.81. The molecule has 6 heteroatoms. The molecule has 0 unspecified atom stereocenters. The lowest BCUT2D eigenvalue weighted by Crippen LogP contribution is -2.32. The Hall–Kier alpha value is -1.56. The van der Waals surface area contributed by atoms with E-state index in [0.717, 1.165) is 6.07 Å². The summed E-state index contributed by atoms with van der Waals surface area (Å²) < 4.78 is 37.9. The van der Waals surface area contributed by atoms with E-state index in [0.29, 0.717) is 0 Å². The average Bonchev–Trinajstić information content (AvgIpc) is 2.17. The van der Waals surface area contributed by atoms with Crippen molar-refractivity contribution in [1.82, 2.24) is 5.32 Å². The van der Waals surface area contributed by atoms with Gasteiger partial charge in [0.25, 0.3) is 0 Å². The van der Waals surface area contributed by atoms with Crippen LogP contribution >= 0.6 is 0 Å². The molecule has 0 saturated carbocycles. The summed E-state index contributed by atoms with van der Waals surface area (Å²) in [5.74, 6) is -0.848. The fraction of sp³-hybridized carbons (Fsp3) is 0.300. The maximum atomic E-state index is 12.6. The first kappa shape index (κ1) is 12.5. The molecule has 3 nitrogen and oxygen atoms in total. The summed E-state index contributed by atoms with van der Waals surface area (Å²) >= 11 is 0. The molecule has 0 aliphatic rings. The van der Waals surface area contributed by atoms with Crippen LogP contribution in [0.3, 0.4) is 0 Å². The normalized spacial score (nSPS) is 13.5. The number of alkyl halides is 3. The number of amides is 1. The van der Waals surface area contributed by atoms with Gasteiger partial charge < -0.3 is 11.1 Å². The molecule has 0 aliphatic heterocycles. The van der Waals surface area contributed by atoms with E-state index in [4.69, 9.17) is 5.73 Å². The molecule has 0 spiro atoms. The number of primary amides is 1. The summed E-state index contributed by atoms with van der Waals surface area (Å²) in [5.41, 5.74) is 4.01. The topological polar surface area (TPSA) is 55.1 Å². The first-order valence-electron chi connectivity index (χ1n) is 4.50. The second kappa shape index (κ2) is 4.52. The van der Waals surface area contributed by atoms with Gasteiger partial charge in [-0.25, -0.2) is 0 Å². The molecule has 0 fully saturated rings. The van der Waals surface area contributed by atoms with Crippen LogP contribution in [0.25, 0.3) is 0 Å². The maximum absolute atomic E-state index is 12.6. The van der Waals surface area contributed by atoms with Crippen molar-refractivity contribution in [2.45, 2.75) is 12.2 Å². The maximum Gasteiger partial charge on any atom is 0.416 e. The number of hydrogen-bond donors (Lipinski definition) is 2. The smallest absolute Gasteiger partial charge is 0.368 e. The monoisotopic (exact) mass is 232 g/mol. The lowest BCUT2D eigenvalue weighted by molar-refractivity contribution is -0.138. The molecule has 1 aromatic rings. The molecule has 0 aliphatic carbocycles. The van der Waals surface area contributed by atoms with E-state index in [2.05, 4.69) is 5.32 Å². The largest absolute Gasteiger partial charge is 0.416 e. The zero-order valence-corrected chi connectivity index (χ0v) is 8.51. The predicted octanol–water partition coefficient (Wildman–Crippen LogP) is 1.45. The van der Waals surface area contributed by atoms with Crippen molar-refractivity contribution >= 4 is 5.91 Å². The standard InChI is InChI=1S/C10H11F3N2O/c1-15-8(9(14)16)6-4-2-3-5-7(6)10(11,12)13/h2-5,8,15H,1H3,(H2,14,16)/t8-/m1/s1. The first-order valence-corrected chi connectivity index (χ1v) is 4.50. The molecule has 1 atom stereocenters. The molecule has 88 valence electrons. The van der Waals surface area contributed by atoms with Crippen LogP contribution in [0, 0.1) is 0 Å². The summed E-state index contributed by atoms with van der Waals surface area (Å²) in [6.07, 6.45) is -4.50. The van der Waals surface area contributed by atoms with Crippen molar-refractivity contribution in [3.05, 3.63) is 35.4 Å². The van der Waals surface area contributed by atoms with Crippen LogP contribution in [0.2, 0.25) is 0 Å². The van der Waals surface area contributed by atoms with Crippen LogP contribution in [-0.2, 0) is 11.0 Å². The fourth-order valence-electron chi connectivity index (χ4n) is 1.46. The van der Waals surface area contributed by atoms with Gasteiger partial charge in [-0.05, 0) is 18.7 Å². The van der Waals surface area contributed by atoms with Crippen LogP contribution < -0.4 is 11.1 Å². The molecule has 3 N–H and O–H groups in total.